The first-order valence-corrected chi connectivity index (χ1v) is 10.4. The Balaban J connectivity index is 1.57. The number of nitrogens with zero attached hydrogens (tertiary/aromatic N) is 5. The summed E-state index contributed by atoms with van der Waals surface area (Å²) in [5.41, 5.74) is 3.14. The Morgan fingerprint density at radius 2 is 1.96 bits per heavy atom. The third kappa shape index (κ3) is 2.88. The van der Waals surface area contributed by atoms with E-state index in [0.717, 1.165) is 17.2 Å². The number of fused-ring (bicyclic) bond motifs is 2. The molecule has 4 aromatic heterocycles. The molecular weight excluding hydrogens is 354 g/mol. The van der Waals surface area contributed by atoms with E-state index in [9.17, 15) is 0 Å². The molecule has 0 bridgehead atoms. The lowest BCUT2D eigenvalue weighted by atomic mass is 9.94. The van der Waals surface area contributed by atoms with Gasteiger partial charge in [0, 0.05) is 35.6 Å². The molecule has 4 aromatic rings. The smallest absolute Gasteiger partial charge is 0.154 e. The van der Waals surface area contributed by atoms with Crippen molar-refractivity contribution in [2.45, 2.75) is 45.1 Å². The van der Waals surface area contributed by atoms with E-state index >= 15 is 0 Å². The van der Waals surface area contributed by atoms with Crippen LogP contribution in [-0.2, 0) is 0 Å². The fraction of sp³-hybridized carbons (Fsp3) is 0.381. The molecule has 1 aliphatic carbocycles. The van der Waals surface area contributed by atoms with E-state index in [4.69, 9.17) is 5.10 Å². The summed E-state index contributed by atoms with van der Waals surface area (Å²) >= 11 is 1.78. The number of hydrogen-bond donors (Lipinski definition) is 0. The molecule has 0 radical (unpaired) electrons. The van der Waals surface area contributed by atoms with Crippen LogP contribution in [0.5, 0.6) is 0 Å². The quantitative estimate of drug-likeness (QED) is 0.499. The van der Waals surface area contributed by atoms with Crippen LogP contribution in [0.15, 0.2) is 36.8 Å². The van der Waals surface area contributed by atoms with Gasteiger partial charge in [-0.2, -0.15) is 0 Å². The highest BCUT2D eigenvalue weighted by Gasteiger charge is 2.20. The zero-order valence-corrected chi connectivity index (χ0v) is 16.5. The lowest BCUT2D eigenvalue weighted by Gasteiger charge is -2.31. The van der Waals surface area contributed by atoms with Gasteiger partial charge in [-0.05, 0) is 43.5 Å². The zero-order valence-electron chi connectivity index (χ0n) is 15.7. The molecule has 0 aromatic carbocycles. The van der Waals surface area contributed by atoms with Gasteiger partial charge in [0.1, 0.15) is 11.5 Å². The fourth-order valence-corrected chi connectivity index (χ4v) is 5.19. The summed E-state index contributed by atoms with van der Waals surface area (Å²) < 4.78 is 3.27. The summed E-state index contributed by atoms with van der Waals surface area (Å²) in [7, 11) is 2.18. The molecule has 0 unspecified atom stereocenters. The Morgan fingerprint density at radius 1 is 1.11 bits per heavy atom. The normalized spacial score (nSPS) is 15.6. The molecule has 27 heavy (non-hydrogen) atoms. The summed E-state index contributed by atoms with van der Waals surface area (Å²) in [6.07, 6.45) is 12.3. The maximum absolute atomic E-state index is 4.95. The molecule has 4 heterocycles. The lowest BCUT2D eigenvalue weighted by molar-refractivity contribution is 0.425. The molecule has 0 atom stereocenters. The molecule has 5 nitrogen and oxygen atoms in total. The van der Waals surface area contributed by atoms with Crippen LogP contribution in [0, 0.1) is 6.92 Å². The SMILES string of the molecule is Cc1cncc2cc(-c3cnc4ccc(N(C)C5CCCCC5)nn34)sc12. The van der Waals surface area contributed by atoms with Gasteiger partial charge in [-0.1, -0.05) is 19.3 Å². The highest BCUT2D eigenvalue weighted by molar-refractivity contribution is 7.22. The van der Waals surface area contributed by atoms with Gasteiger partial charge < -0.3 is 4.90 Å². The Hall–Kier alpha value is -2.47. The Morgan fingerprint density at radius 3 is 2.78 bits per heavy atom. The first-order chi connectivity index (χ1) is 13.2. The second kappa shape index (κ2) is 6.60. The van der Waals surface area contributed by atoms with Crippen LogP contribution in [0.1, 0.15) is 37.7 Å². The van der Waals surface area contributed by atoms with Crippen molar-refractivity contribution in [3.05, 3.63) is 42.4 Å². The van der Waals surface area contributed by atoms with Crippen molar-refractivity contribution in [1.29, 1.82) is 0 Å². The summed E-state index contributed by atoms with van der Waals surface area (Å²) in [5.74, 6) is 1.02. The van der Waals surface area contributed by atoms with Crippen molar-refractivity contribution in [2.24, 2.45) is 0 Å². The molecular formula is C21H23N5S. The zero-order chi connectivity index (χ0) is 18.4. The number of thiophene rings is 1. The summed E-state index contributed by atoms with van der Waals surface area (Å²) in [5, 5.41) is 6.13. The molecule has 1 aliphatic rings. The summed E-state index contributed by atoms with van der Waals surface area (Å²) in [6, 6.07) is 6.96. The van der Waals surface area contributed by atoms with Crippen LogP contribution in [0.25, 0.3) is 26.3 Å². The van der Waals surface area contributed by atoms with Gasteiger partial charge in [-0.3, -0.25) is 4.98 Å². The van der Waals surface area contributed by atoms with Gasteiger partial charge in [0.15, 0.2) is 5.65 Å². The van der Waals surface area contributed by atoms with Crippen LogP contribution < -0.4 is 4.90 Å². The largest absolute Gasteiger partial charge is 0.355 e. The minimum absolute atomic E-state index is 0.591. The maximum atomic E-state index is 4.95. The molecule has 0 spiro atoms. The van der Waals surface area contributed by atoms with E-state index in [1.54, 1.807) is 11.3 Å². The second-order valence-corrected chi connectivity index (χ2v) is 8.55. The van der Waals surface area contributed by atoms with Crippen molar-refractivity contribution >= 4 is 32.9 Å². The van der Waals surface area contributed by atoms with E-state index in [-0.39, 0.29) is 0 Å². The molecule has 0 saturated heterocycles. The second-order valence-electron chi connectivity index (χ2n) is 7.49. The van der Waals surface area contributed by atoms with Crippen LogP contribution in [0.3, 0.4) is 0 Å². The van der Waals surface area contributed by atoms with Crippen molar-refractivity contribution < 1.29 is 0 Å². The predicted octanol–water partition coefficient (Wildman–Crippen LogP) is 5.08. The highest BCUT2D eigenvalue weighted by atomic mass is 32.1. The first-order valence-electron chi connectivity index (χ1n) is 9.63. The van der Waals surface area contributed by atoms with E-state index in [0.29, 0.717) is 6.04 Å². The number of aromatic nitrogens is 4. The molecule has 0 amide bonds. The van der Waals surface area contributed by atoms with Crippen molar-refractivity contribution in [1.82, 2.24) is 19.6 Å². The summed E-state index contributed by atoms with van der Waals surface area (Å²) in [6.45, 7) is 2.11. The Kier molecular flexibility index (Phi) is 4.08. The number of anilines is 1. The monoisotopic (exact) mass is 377 g/mol. The Bertz CT molecular complexity index is 1110. The third-order valence-electron chi connectivity index (χ3n) is 5.69. The fourth-order valence-electron chi connectivity index (χ4n) is 4.10. The molecule has 6 heteroatoms. The van der Waals surface area contributed by atoms with E-state index in [1.165, 1.54) is 52.6 Å². The van der Waals surface area contributed by atoms with Gasteiger partial charge >= 0.3 is 0 Å². The number of aryl methyl sites for hydroxylation is 1. The number of rotatable bonds is 3. The maximum Gasteiger partial charge on any atom is 0.154 e. The van der Waals surface area contributed by atoms with Gasteiger partial charge in [0.25, 0.3) is 0 Å². The molecule has 1 saturated carbocycles. The van der Waals surface area contributed by atoms with Crippen molar-refractivity contribution in [2.75, 3.05) is 11.9 Å². The van der Waals surface area contributed by atoms with Gasteiger partial charge in [0.05, 0.1) is 11.1 Å². The standard InChI is InChI=1S/C21H23N5S/c1-14-11-22-12-15-10-18(27-21(14)15)17-13-23-19-8-9-20(24-26(17)19)25(2)16-6-4-3-5-7-16/h8-13,16H,3-7H2,1-2H3. The minimum Gasteiger partial charge on any atom is -0.355 e. The van der Waals surface area contributed by atoms with E-state index < -0.39 is 0 Å². The molecule has 0 N–H and O–H groups in total. The van der Waals surface area contributed by atoms with Crippen molar-refractivity contribution in [3.63, 3.8) is 0 Å². The third-order valence-corrected chi connectivity index (χ3v) is 6.99. The van der Waals surface area contributed by atoms with Crippen LogP contribution in [-0.4, -0.2) is 32.7 Å². The molecule has 138 valence electrons. The average molecular weight is 378 g/mol. The lowest BCUT2D eigenvalue weighted by Crippen LogP contribution is -2.34. The number of hydrogen-bond acceptors (Lipinski definition) is 5. The van der Waals surface area contributed by atoms with Crippen LogP contribution in [0.2, 0.25) is 0 Å². The average Bonchev–Trinajstić information content (AvgIpc) is 3.32. The predicted molar refractivity (Wildman–Crippen MR) is 112 cm³/mol. The Labute approximate surface area is 162 Å². The summed E-state index contributed by atoms with van der Waals surface area (Å²) in [4.78, 5) is 12.4. The minimum atomic E-state index is 0.591. The topological polar surface area (TPSA) is 46.3 Å². The number of pyridine rings is 1. The van der Waals surface area contributed by atoms with Gasteiger partial charge in [-0.15, -0.1) is 16.4 Å². The van der Waals surface area contributed by atoms with E-state index in [1.807, 2.05) is 23.1 Å². The van der Waals surface area contributed by atoms with Gasteiger partial charge in [-0.25, -0.2) is 9.50 Å². The molecule has 0 aliphatic heterocycles. The van der Waals surface area contributed by atoms with Crippen molar-refractivity contribution in [3.8, 4) is 10.6 Å². The van der Waals surface area contributed by atoms with Crippen LogP contribution in [0.4, 0.5) is 5.82 Å². The molecule has 5 rings (SSSR count). The van der Waals surface area contributed by atoms with Gasteiger partial charge in [0.2, 0.25) is 0 Å². The number of imidazole rings is 1. The first kappa shape index (κ1) is 16.7. The molecule has 1 fully saturated rings. The highest BCUT2D eigenvalue weighted by Crippen LogP contribution is 2.35. The van der Waals surface area contributed by atoms with E-state index in [2.05, 4.69) is 47.0 Å². The van der Waals surface area contributed by atoms with Crippen LogP contribution >= 0.6 is 11.3 Å².